The normalized spacial score (nSPS) is 17.7. The summed E-state index contributed by atoms with van der Waals surface area (Å²) in [5.41, 5.74) is 0.395. The lowest BCUT2D eigenvalue weighted by Crippen LogP contribution is -2.33. The number of rotatable bonds is 2. The van der Waals surface area contributed by atoms with Gasteiger partial charge in [-0.3, -0.25) is 9.59 Å². The third-order valence-electron chi connectivity index (χ3n) is 3.50. The fourth-order valence-electron chi connectivity index (χ4n) is 2.37. The topological polar surface area (TPSA) is 55.2 Å². The zero-order chi connectivity index (χ0) is 15.7. The van der Waals surface area contributed by atoms with Gasteiger partial charge >= 0.3 is 0 Å². The number of thioether (sulfide) groups is 1. The number of hydrogen-bond donors (Lipinski definition) is 0. The first-order valence-corrected chi connectivity index (χ1v) is 7.84. The van der Waals surface area contributed by atoms with Crippen LogP contribution < -0.4 is 5.56 Å². The number of hydrogen-bond acceptors (Lipinski definition) is 4. The Labute approximate surface area is 130 Å². The number of amides is 1. The molecule has 1 atom stereocenters. The summed E-state index contributed by atoms with van der Waals surface area (Å²) in [6.07, 6.45) is 0. The number of carbonyl (C=O) groups is 1. The van der Waals surface area contributed by atoms with Gasteiger partial charge in [-0.1, -0.05) is 18.2 Å². The smallest absolute Gasteiger partial charge is 0.275 e. The molecule has 0 spiro atoms. The maximum atomic E-state index is 14.0. The van der Waals surface area contributed by atoms with Gasteiger partial charge in [0.2, 0.25) is 0 Å². The molecule has 2 aromatic rings. The average Bonchev–Trinajstić information content (AvgIpc) is 2.99. The van der Waals surface area contributed by atoms with Crippen LogP contribution in [0.4, 0.5) is 4.39 Å². The van der Waals surface area contributed by atoms with Crippen molar-refractivity contribution in [2.75, 3.05) is 12.3 Å². The van der Waals surface area contributed by atoms with Crippen LogP contribution in [-0.4, -0.2) is 32.9 Å². The summed E-state index contributed by atoms with van der Waals surface area (Å²) < 4.78 is 15.1. The number of aryl methyl sites for hydroxylation is 1. The Bertz CT molecular complexity index is 777. The molecule has 114 valence electrons. The van der Waals surface area contributed by atoms with Crippen molar-refractivity contribution in [3.05, 3.63) is 63.8 Å². The molecule has 0 N–H and O–H groups in total. The summed E-state index contributed by atoms with van der Waals surface area (Å²) in [5, 5.41) is 3.61. The van der Waals surface area contributed by atoms with E-state index < -0.39 is 0 Å². The van der Waals surface area contributed by atoms with E-state index in [9.17, 15) is 14.0 Å². The van der Waals surface area contributed by atoms with Crippen molar-refractivity contribution in [2.45, 2.75) is 5.37 Å². The summed E-state index contributed by atoms with van der Waals surface area (Å²) in [5.74, 6) is 0.109. The zero-order valence-electron chi connectivity index (χ0n) is 11.9. The summed E-state index contributed by atoms with van der Waals surface area (Å²) in [6.45, 7) is 0.521. The van der Waals surface area contributed by atoms with Crippen LogP contribution in [0.15, 0.2) is 41.2 Å². The molecule has 0 aliphatic carbocycles. The molecule has 1 aliphatic rings. The van der Waals surface area contributed by atoms with E-state index in [0.717, 1.165) is 10.4 Å². The zero-order valence-corrected chi connectivity index (χ0v) is 12.7. The first-order valence-electron chi connectivity index (χ1n) is 6.79. The van der Waals surface area contributed by atoms with Crippen LogP contribution in [0.1, 0.15) is 21.4 Å². The molecule has 0 unspecified atom stereocenters. The third kappa shape index (κ3) is 2.64. The van der Waals surface area contributed by atoms with E-state index in [2.05, 4.69) is 5.10 Å². The van der Waals surface area contributed by atoms with Gasteiger partial charge in [-0.2, -0.15) is 5.10 Å². The van der Waals surface area contributed by atoms with E-state index in [4.69, 9.17) is 0 Å². The molecular formula is C15H14FN3O2S. The molecule has 0 saturated carbocycles. The van der Waals surface area contributed by atoms with E-state index in [1.807, 2.05) is 0 Å². The standard InChI is InChI=1S/C15H14FN3O2S/c1-18-13(20)7-6-12(17-18)14(21)19-8-9-22-15(19)10-4-2-3-5-11(10)16/h2-7,15H,8-9H2,1H3/t15-/m0/s1. The fourth-order valence-corrected chi connectivity index (χ4v) is 3.65. The molecule has 2 heterocycles. The number of aromatic nitrogens is 2. The second-order valence-electron chi connectivity index (χ2n) is 4.92. The summed E-state index contributed by atoms with van der Waals surface area (Å²) >= 11 is 1.52. The highest BCUT2D eigenvalue weighted by molar-refractivity contribution is 7.99. The first kappa shape index (κ1) is 14.8. The summed E-state index contributed by atoms with van der Waals surface area (Å²) in [4.78, 5) is 25.6. The molecule has 1 amide bonds. The SMILES string of the molecule is Cn1nc(C(=O)N2CCS[C@H]2c2ccccc2F)ccc1=O. The average molecular weight is 319 g/mol. The van der Waals surface area contributed by atoms with Crippen molar-refractivity contribution < 1.29 is 9.18 Å². The van der Waals surface area contributed by atoms with Crippen LogP contribution in [0, 0.1) is 5.82 Å². The molecule has 7 heteroatoms. The van der Waals surface area contributed by atoms with Crippen LogP contribution in [0.25, 0.3) is 0 Å². The number of nitrogens with zero attached hydrogens (tertiary/aromatic N) is 3. The highest BCUT2D eigenvalue weighted by Crippen LogP contribution is 2.39. The summed E-state index contributed by atoms with van der Waals surface area (Å²) in [7, 11) is 1.49. The largest absolute Gasteiger partial charge is 0.320 e. The Morgan fingerprint density at radius 2 is 2.09 bits per heavy atom. The van der Waals surface area contributed by atoms with Gasteiger partial charge in [-0.05, 0) is 12.1 Å². The van der Waals surface area contributed by atoms with Gasteiger partial charge in [0.1, 0.15) is 16.9 Å². The van der Waals surface area contributed by atoms with E-state index in [1.54, 1.807) is 23.1 Å². The first-order chi connectivity index (χ1) is 10.6. The highest BCUT2D eigenvalue weighted by atomic mass is 32.2. The predicted molar refractivity (Wildman–Crippen MR) is 82.1 cm³/mol. The van der Waals surface area contributed by atoms with Gasteiger partial charge < -0.3 is 4.90 Å². The van der Waals surface area contributed by atoms with Crippen LogP contribution in [-0.2, 0) is 7.05 Å². The van der Waals surface area contributed by atoms with Gasteiger partial charge in [0.25, 0.3) is 11.5 Å². The Balaban J connectivity index is 1.93. The Hall–Kier alpha value is -2.15. The molecule has 1 aliphatic heterocycles. The quantitative estimate of drug-likeness (QED) is 0.847. The van der Waals surface area contributed by atoms with Crippen molar-refractivity contribution >= 4 is 17.7 Å². The Morgan fingerprint density at radius 1 is 1.32 bits per heavy atom. The van der Waals surface area contributed by atoms with E-state index in [1.165, 1.54) is 37.0 Å². The van der Waals surface area contributed by atoms with Gasteiger partial charge in [0, 0.05) is 31.0 Å². The predicted octanol–water partition coefficient (Wildman–Crippen LogP) is 1.81. The van der Waals surface area contributed by atoms with Crippen LogP contribution in [0.2, 0.25) is 0 Å². The van der Waals surface area contributed by atoms with E-state index >= 15 is 0 Å². The maximum absolute atomic E-state index is 14.0. The Morgan fingerprint density at radius 3 is 2.82 bits per heavy atom. The van der Waals surface area contributed by atoms with Gasteiger partial charge in [-0.15, -0.1) is 11.8 Å². The molecule has 3 rings (SSSR count). The molecular weight excluding hydrogens is 305 g/mol. The molecule has 22 heavy (non-hydrogen) atoms. The van der Waals surface area contributed by atoms with Crippen molar-refractivity contribution in [2.24, 2.45) is 7.05 Å². The summed E-state index contributed by atoms with van der Waals surface area (Å²) in [6, 6.07) is 9.17. The molecule has 0 radical (unpaired) electrons. The highest BCUT2D eigenvalue weighted by Gasteiger charge is 2.33. The lowest BCUT2D eigenvalue weighted by Gasteiger charge is -2.24. The number of carbonyl (C=O) groups excluding carboxylic acids is 1. The fraction of sp³-hybridized carbons (Fsp3) is 0.267. The second-order valence-corrected chi connectivity index (χ2v) is 6.11. The molecule has 0 bridgehead atoms. The van der Waals surface area contributed by atoms with Crippen molar-refractivity contribution in [3.63, 3.8) is 0 Å². The van der Waals surface area contributed by atoms with Crippen LogP contribution in [0.5, 0.6) is 0 Å². The van der Waals surface area contributed by atoms with Gasteiger partial charge in [0.05, 0.1) is 0 Å². The minimum absolute atomic E-state index is 0.186. The maximum Gasteiger partial charge on any atom is 0.275 e. The van der Waals surface area contributed by atoms with Gasteiger partial charge in [0.15, 0.2) is 0 Å². The molecule has 1 aromatic heterocycles. The van der Waals surface area contributed by atoms with E-state index in [-0.39, 0.29) is 28.4 Å². The van der Waals surface area contributed by atoms with Crippen molar-refractivity contribution in [1.82, 2.24) is 14.7 Å². The molecule has 1 aromatic carbocycles. The monoisotopic (exact) mass is 319 g/mol. The van der Waals surface area contributed by atoms with Crippen molar-refractivity contribution in [3.8, 4) is 0 Å². The number of benzene rings is 1. The lowest BCUT2D eigenvalue weighted by molar-refractivity contribution is 0.0750. The van der Waals surface area contributed by atoms with Crippen LogP contribution >= 0.6 is 11.8 Å². The van der Waals surface area contributed by atoms with Gasteiger partial charge in [-0.25, -0.2) is 9.07 Å². The number of halogens is 1. The Kier molecular flexibility index (Phi) is 3.98. The van der Waals surface area contributed by atoms with E-state index in [0.29, 0.717) is 12.1 Å². The molecule has 1 saturated heterocycles. The van der Waals surface area contributed by atoms with Crippen molar-refractivity contribution in [1.29, 1.82) is 0 Å². The molecule has 5 nitrogen and oxygen atoms in total. The minimum Gasteiger partial charge on any atom is -0.320 e. The molecule has 1 fully saturated rings. The van der Waals surface area contributed by atoms with Crippen LogP contribution in [0.3, 0.4) is 0 Å². The second kappa shape index (κ2) is 5.92. The third-order valence-corrected chi connectivity index (χ3v) is 4.75. The minimum atomic E-state index is -0.368. The lowest BCUT2D eigenvalue weighted by atomic mass is 10.2.